The standard InChI is InChI=1S/C27H20N8O/c1-34-27-23(24(33-34)18-9-12-30-13-10-18)22(20(16-28)25(29)36-27)17-5-7-19(8-6-17)35-15-14-32-26(35)21-4-2-3-11-31-21/h2-15,22H,29H2,1H3. The summed E-state index contributed by atoms with van der Waals surface area (Å²) in [5.41, 5.74) is 11.5. The molecule has 0 spiro atoms. The number of fused-ring (bicyclic) bond motifs is 1. The number of nitriles is 1. The molecular formula is C27H20N8O. The molecule has 1 aromatic carbocycles. The van der Waals surface area contributed by atoms with Gasteiger partial charge in [0.05, 0.1) is 11.5 Å². The lowest BCUT2D eigenvalue weighted by atomic mass is 9.83. The number of aromatic nitrogens is 6. The highest BCUT2D eigenvalue weighted by Gasteiger charge is 2.36. The van der Waals surface area contributed by atoms with Crippen LogP contribution in [0, 0.1) is 11.3 Å². The van der Waals surface area contributed by atoms with Crippen molar-refractivity contribution in [2.24, 2.45) is 12.8 Å². The largest absolute Gasteiger partial charge is 0.422 e. The number of rotatable bonds is 4. The van der Waals surface area contributed by atoms with Gasteiger partial charge in [0.2, 0.25) is 11.8 Å². The number of allylic oxidation sites excluding steroid dienone is 1. The molecule has 0 aliphatic carbocycles. The average Bonchev–Trinajstić information content (AvgIpc) is 3.54. The third-order valence-corrected chi connectivity index (χ3v) is 6.19. The molecule has 0 bridgehead atoms. The maximum Gasteiger partial charge on any atom is 0.224 e. The number of ether oxygens (including phenoxy) is 1. The van der Waals surface area contributed by atoms with Crippen LogP contribution in [0.3, 0.4) is 0 Å². The fourth-order valence-electron chi connectivity index (χ4n) is 4.55. The van der Waals surface area contributed by atoms with E-state index in [0.29, 0.717) is 11.5 Å². The highest BCUT2D eigenvalue weighted by Crippen LogP contribution is 2.46. The van der Waals surface area contributed by atoms with E-state index in [4.69, 9.17) is 15.6 Å². The molecule has 0 fully saturated rings. The maximum absolute atomic E-state index is 10.0. The highest BCUT2D eigenvalue weighted by atomic mass is 16.5. The van der Waals surface area contributed by atoms with Crippen LogP contribution in [-0.2, 0) is 7.05 Å². The van der Waals surface area contributed by atoms with Gasteiger partial charge < -0.3 is 10.5 Å². The summed E-state index contributed by atoms with van der Waals surface area (Å²) in [5.74, 6) is 0.892. The summed E-state index contributed by atoms with van der Waals surface area (Å²) in [6.07, 6.45) is 8.81. The minimum absolute atomic E-state index is 0.0791. The molecule has 6 rings (SSSR count). The topological polar surface area (TPSA) is 120 Å². The summed E-state index contributed by atoms with van der Waals surface area (Å²) in [5, 5.41) is 14.7. The Labute approximate surface area is 206 Å². The molecular weight excluding hydrogens is 452 g/mol. The van der Waals surface area contributed by atoms with Gasteiger partial charge >= 0.3 is 0 Å². The highest BCUT2D eigenvalue weighted by molar-refractivity contribution is 5.71. The third-order valence-electron chi connectivity index (χ3n) is 6.19. The van der Waals surface area contributed by atoms with Gasteiger partial charge in [-0.2, -0.15) is 10.4 Å². The summed E-state index contributed by atoms with van der Waals surface area (Å²) in [4.78, 5) is 13.0. The number of imidazole rings is 1. The number of benzene rings is 1. The van der Waals surface area contributed by atoms with Crippen LogP contribution in [0.4, 0.5) is 0 Å². The van der Waals surface area contributed by atoms with Crippen molar-refractivity contribution in [1.82, 2.24) is 29.3 Å². The second kappa shape index (κ2) is 8.52. The molecule has 5 heterocycles. The quantitative estimate of drug-likeness (QED) is 0.420. The van der Waals surface area contributed by atoms with E-state index in [1.807, 2.05) is 65.4 Å². The minimum Gasteiger partial charge on any atom is -0.422 e. The lowest BCUT2D eigenvalue weighted by molar-refractivity contribution is 0.358. The Hall–Kier alpha value is -5.23. The van der Waals surface area contributed by atoms with Crippen LogP contribution in [0.15, 0.2) is 97.0 Å². The number of nitrogens with two attached hydrogens (primary N) is 1. The van der Waals surface area contributed by atoms with Crippen LogP contribution in [0.2, 0.25) is 0 Å². The summed E-state index contributed by atoms with van der Waals surface area (Å²) < 4.78 is 9.49. The first-order valence-electron chi connectivity index (χ1n) is 11.3. The molecule has 2 N–H and O–H groups in total. The Balaban J connectivity index is 1.46. The Bertz CT molecular complexity index is 1630. The molecule has 1 aliphatic rings. The van der Waals surface area contributed by atoms with E-state index in [0.717, 1.165) is 39.6 Å². The third kappa shape index (κ3) is 3.40. The first kappa shape index (κ1) is 21.3. The van der Waals surface area contributed by atoms with E-state index in [9.17, 15) is 5.26 Å². The molecule has 1 unspecified atom stereocenters. The zero-order valence-corrected chi connectivity index (χ0v) is 19.3. The van der Waals surface area contributed by atoms with Crippen LogP contribution in [-0.4, -0.2) is 29.3 Å². The fourth-order valence-corrected chi connectivity index (χ4v) is 4.55. The molecule has 1 atom stereocenters. The predicted octanol–water partition coefficient (Wildman–Crippen LogP) is 3.95. The van der Waals surface area contributed by atoms with Gasteiger partial charge in [0, 0.05) is 49.3 Å². The van der Waals surface area contributed by atoms with E-state index in [1.54, 1.807) is 36.5 Å². The average molecular weight is 473 g/mol. The minimum atomic E-state index is -0.442. The van der Waals surface area contributed by atoms with E-state index in [2.05, 4.69) is 21.0 Å². The zero-order valence-electron chi connectivity index (χ0n) is 19.3. The number of nitrogens with zero attached hydrogens (tertiary/aromatic N) is 7. The van der Waals surface area contributed by atoms with Crippen molar-refractivity contribution in [1.29, 1.82) is 5.26 Å². The van der Waals surface area contributed by atoms with E-state index in [-0.39, 0.29) is 5.88 Å². The predicted molar refractivity (Wildman–Crippen MR) is 133 cm³/mol. The van der Waals surface area contributed by atoms with Crippen molar-refractivity contribution < 1.29 is 4.74 Å². The summed E-state index contributed by atoms with van der Waals surface area (Å²) in [7, 11) is 1.80. The van der Waals surface area contributed by atoms with Crippen molar-refractivity contribution >= 4 is 0 Å². The van der Waals surface area contributed by atoms with Crippen molar-refractivity contribution in [3.05, 3.63) is 108 Å². The normalized spacial score (nSPS) is 14.7. The molecule has 0 amide bonds. The first-order valence-corrected chi connectivity index (χ1v) is 11.3. The Kier molecular flexibility index (Phi) is 5.05. The van der Waals surface area contributed by atoms with Crippen LogP contribution < -0.4 is 10.5 Å². The SMILES string of the molecule is Cn1nc(-c2ccncc2)c2c1OC(N)=C(C#N)C2c1ccc(-n2ccnc2-c2ccccn2)cc1. The fraction of sp³-hybridized carbons (Fsp3) is 0.0741. The molecule has 9 heteroatoms. The monoisotopic (exact) mass is 472 g/mol. The van der Waals surface area contributed by atoms with E-state index >= 15 is 0 Å². The maximum atomic E-state index is 10.0. The molecule has 0 radical (unpaired) electrons. The molecule has 0 saturated heterocycles. The molecule has 0 saturated carbocycles. The number of pyridine rings is 2. The first-order chi connectivity index (χ1) is 17.7. The lowest BCUT2D eigenvalue weighted by Gasteiger charge is -2.25. The molecule has 9 nitrogen and oxygen atoms in total. The van der Waals surface area contributed by atoms with E-state index in [1.165, 1.54) is 0 Å². The van der Waals surface area contributed by atoms with Crippen molar-refractivity contribution in [2.45, 2.75) is 5.92 Å². The molecule has 1 aliphatic heterocycles. The summed E-state index contributed by atoms with van der Waals surface area (Å²) >= 11 is 0. The van der Waals surface area contributed by atoms with Crippen LogP contribution in [0.1, 0.15) is 17.0 Å². The van der Waals surface area contributed by atoms with Gasteiger partial charge in [0.15, 0.2) is 5.82 Å². The summed E-state index contributed by atoms with van der Waals surface area (Å²) in [6.45, 7) is 0. The van der Waals surface area contributed by atoms with Gasteiger partial charge in [-0.05, 0) is 42.0 Å². The lowest BCUT2D eigenvalue weighted by Crippen LogP contribution is -2.21. The molecule has 5 aromatic rings. The molecule has 4 aromatic heterocycles. The van der Waals surface area contributed by atoms with Crippen LogP contribution >= 0.6 is 0 Å². The van der Waals surface area contributed by atoms with Gasteiger partial charge in [0.1, 0.15) is 23.0 Å². The second-order valence-corrected chi connectivity index (χ2v) is 8.28. The van der Waals surface area contributed by atoms with E-state index < -0.39 is 5.92 Å². The van der Waals surface area contributed by atoms with Crippen LogP contribution in [0.25, 0.3) is 28.5 Å². The van der Waals surface area contributed by atoms with Gasteiger partial charge in [-0.1, -0.05) is 18.2 Å². The van der Waals surface area contributed by atoms with Crippen molar-refractivity contribution in [3.63, 3.8) is 0 Å². The van der Waals surface area contributed by atoms with Gasteiger partial charge in [-0.3, -0.25) is 14.5 Å². The zero-order chi connectivity index (χ0) is 24.6. The van der Waals surface area contributed by atoms with Crippen LogP contribution in [0.5, 0.6) is 5.88 Å². The van der Waals surface area contributed by atoms with Crippen molar-refractivity contribution in [2.75, 3.05) is 0 Å². The summed E-state index contributed by atoms with van der Waals surface area (Å²) in [6, 6.07) is 19.7. The van der Waals surface area contributed by atoms with Gasteiger partial charge in [-0.15, -0.1) is 0 Å². The number of hydrogen-bond acceptors (Lipinski definition) is 7. The van der Waals surface area contributed by atoms with Gasteiger partial charge in [0.25, 0.3) is 0 Å². The van der Waals surface area contributed by atoms with Crippen molar-refractivity contribution in [3.8, 4) is 40.4 Å². The van der Waals surface area contributed by atoms with Gasteiger partial charge in [-0.25, -0.2) is 9.67 Å². The number of hydrogen-bond donors (Lipinski definition) is 1. The smallest absolute Gasteiger partial charge is 0.224 e. The second-order valence-electron chi connectivity index (χ2n) is 8.28. The molecule has 36 heavy (non-hydrogen) atoms. The Morgan fingerprint density at radius 2 is 1.78 bits per heavy atom. The Morgan fingerprint density at radius 1 is 0.972 bits per heavy atom. The molecule has 174 valence electrons. The number of aryl methyl sites for hydroxylation is 1. The Morgan fingerprint density at radius 3 is 2.50 bits per heavy atom.